The molecule has 0 spiro atoms. The van der Waals surface area contributed by atoms with E-state index in [0.29, 0.717) is 25.5 Å². The molecule has 6 nitrogen and oxygen atoms in total. The number of nitrogens with two attached hydrogens (primary N) is 1. The van der Waals surface area contributed by atoms with E-state index in [0.717, 1.165) is 36.4 Å². The fraction of sp³-hybridized carbons (Fsp3) is 0.600. The Morgan fingerprint density at radius 2 is 2.00 bits per heavy atom. The van der Waals surface area contributed by atoms with E-state index >= 15 is 0 Å². The Balaban J connectivity index is 0.00000364. The third-order valence-electron chi connectivity index (χ3n) is 4.44. The number of carbonyl (C=O) groups excluding carboxylic acids is 1. The molecule has 0 fully saturated rings. The van der Waals surface area contributed by atoms with Gasteiger partial charge in [0.05, 0.1) is 6.54 Å². The van der Waals surface area contributed by atoms with Crippen molar-refractivity contribution in [3.8, 4) is 5.75 Å². The van der Waals surface area contributed by atoms with Crippen LogP contribution in [0, 0.1) is 0 Å². The lowest BCUT2D eigenvalue weighted by Gasteiger charge is -2.17. The van der Waals surface area contributed by atoms with Gasteiger partial charge in [-0.3, -0.25) is 9.79 Å². The Labute approximate surface area is 179 Å². The van der Waals surface area contributed by atoms with E-state index in [4.69, 9.17) is 10.5 Å². The van der Waals surface area contributed by atoms with E-state index in [1.807, 2.05) is 18.2 Å². The predicted octanol–water partition coefficient (Wildman–Crippen LogP) is 3.83. The first kappa shape index (κ1) is 23.5. The molecule has 4 N–H and O–H groups in total. The Morgan fingerprint density at radius 1 is 1.22 bits per heavy atom. The largest absolute Gasteiger partial charge is 0.492 e. The second-order valence-corrected chi connectivity index (χ2v) is 6.68. The lowest BCUT2D eigenvalue weighted by atomic mass is 10.0. The molecule has 0 atom stereocenters. The molecule has 27 heavy (non-hydrogen) atoms. The van der Waals surface area contributed by atoms with Crippen LogP contribution in [-0.2, 0) is 11.2 Å². The van der Waals surface area contributed by atoms with Crippen LogP contribution in [0.15, 0.2) is 23.2 Å². The Bertz CT molecular complexity index is 608. The summed E-state index contributed by atoms with van der Waals surface area (Å²) in [6, 6.07) is 5.76. The fourth-order valence-corrected chi connectivity index (χ4v) is 2.95. The first-order valence-corrected chi connectivity index (χ1v) is 9.78. The number of guanidine groups is 1. The highest BCUT2D eigenvalue weighted by molar-refractivity contribution is 14.0. The monoisotopic (exact) mass is 488 g/mol. The van der Waals surface area contributed by atoms with Gasteiger partial charge in [-0.05, 0) is 36.6 Å². The maximum atomic E-state index is 11.4. The molecule has 2 rings (SSSR count). The van der Waals surface area contributed by atoms with Crippen molar-refractivity contribution < 1.29 is 9.53 Å². The molecule has 1 heterocycles. The highest BCUT2D eigenvalue weighted by Gasteiger charge is 2.14. The molecule has 1 aromatic rings. The number of unbranched alkanes of at least 4 members (excludes halogenated alkanes) is 5. The van der Waals surface area contributed by atoms with Crippen molar-refractivity contribution in [2.45, 2.75) is 58.3 Å². The highest BCUT2D eigenvalue weighted by Crippen LogP contribution is 2.26. The third kappa shape index (κ3) is 9.30. The Morgan fingerprint density at radius 3 is 2.81 bits per heavy atom. The fourth-order valence-electron chi connectivity index (χ4n) is 2.95. The number of anilines is 1. The summed E-state index contributed by atoms with van der Waals surface area (Å²) in [5.74, 6) is 1.37. The van der Waals surface area contributed by atoms with Crippen LogP contribution < -0.4 is 21.1 Å². The molecule has 0 bridgehead atoms. The number of aliphatic imine (C=N–C) groups is 1. The van der Waals surface area contributed by atoms with Crippen LogP contribution in [0.2, 0.25) is 0 Å². The standard InChI is InChI=1S/C20H32N4O2.HI/c1-2-3-4-5-6-7-12-22-20(21)23-13-14-26-17-9-10-18-16(15-17)8-11-19(25)24-18;/h9-10,15H,2-8,11-14H2,1H3,(H,24,25)(H3,21,22,23);1H. The second kappa shape index (κ2) is 13.6. The van der Waals surface area contributed by atoms with Gasteiger partial charge < -0.3 is 21.1 Å². The van der Waals surface area contributed by atoms with Gasteiger partial charge in [0.2, 0.25) is 5.91 Å². The molecule has 1 aliphatic heterocycles. The summed E-state index contributed by atoms with van der Waals surface area (Å²) in [5, 5.41) is 5.95. The summed E-state index contributed by atoms with van der Waals surface area (Å²) in [5.41, 5.74) is 7.87. The van der Waals surface area contributed by atoms with E-state index in [1.54, 1.807) is 0 Å². The number of amides is 1. The van der Waals surface area contributed by atoms with Gasteiger partial charge in [-0.15, -0.1) is 24.0 Å². The highest BCUT2D eigenvalue weighted by atomic mass is 127. The van der Waals surface area contributed by atoms with Crippen molar-refractivity contribution >= 4 is 41.5 Å². The minimum atomic E-state index is 0. The van der Waals surface area contributed by atoms with Crippen molar-refractivity contribution in [2.24, 2.45) is 10.7 Å². The van der Waals surface area contributed by atoms with Gasteiger partial charge in [0.15, 0.2) is 5.96 Å². The average Bonchev–Trinajstić information content (AvgIpc) is 2.64. The van der Waals surface area contributed by atoms with Crippen molar-refractivity contribution in [3.05, 3.63) is 23.8 Å². The number of hydrogen-bond donors (Lipinski definition) is 3. The van der Waals surface area contributed by atoms with Gasteiger partial charge in [-0.1, -0.05) is 39.0 Å². The number of carbonyl (C=O) groups is 1. The number of benzene rings is 1. The average molecular weight is 488 g/mol. The molecule has 1 aliphatic rings. The first-order valence-electron chi connectivity index (χ1n) is 9.78. The molecule has 0 aliphatic carbocycles. The van der Waals surface area contributed by atoms with Crippen LogP contribution in [0.3, 0.4) is 0 Å². The SMILES string of the molecule is CCCCCCCCN=C(N)NCCOc1ccc2c(c1)CCC(=O)N2.I. The maximum Gasteiger partial charge on any atom is 0.224 e. The van der Waals surface area contributed by atoms with Gasteiger partial charge in [-0.25, -0.2) is 0 Å². The van der Waals surface area contributed by atoms with Gasteiger partial charge >= 0.3 is 0 Å². The normalized spacial score (nSPS) is 13.4. The number of nitrogens with one attached hydrogen (secondary N) is 2. The van der Waals surface area contributed by atoms with E-state index in [9.17, 15) is 4.79 Å². The summed E-state index contributed by atoms with van der Waals surface area (Å²) < 4.78 is 5.74. The van der Waals surface area contributed by atoms with Crippen LogP contribution in [0.1, 0.15) is 57.4 Å². The number of ether oxygens (including phenoxy) is 1. The number of hydrogen-bond acceptors (Lipinski definition) is 3. The van der Waals surface area contributed by atoms with Crippen molar-refractivity contribution in [3.63, 3.8) is 0 Å². The quantitative estimate of drug-likeness (QED) is 0.191. The zero-order chi connectivity index (χ0) is 18.6. The van der Waals surface area contributed by atoms with E-state index in [2.05, 4.69) is 22.5 Å². The zero-order valence-electron chi connectivity index (χ0n) is 16.3. The summed E-state index contributed by atoms with van der Waals surface area (Å²) in [6.45, 7) is 4.13. The number of rotatable bonds is 11. The van der Waals surface area contributed by atoms with E-state index < -0.39 is 0 Å². The molecule has 0 saturated heterocycles. The summed E-state index contributed by atoms with van der Waals surface area (Å²) in [4.78, 5) is 15.7. The minimum Gasteiger partial charge on any atom is -0.492 e. The number of nitrogens with zero attached hydrogens (tertiary/aromatic N) is 1. The van der Waals surface area contributed by atoms with Crippen molar-refractivity contribution in [1.82, 2.24) is 5.32 Å². The smallest absolute Gasteiger partial charge is 0.224 e. The zero-order valence-corrected chi connectivity index (χ0v) is 18.6. The number of fused-ring (bicyclic) bond motifs is 1. The third-order valence-corrected chi connectivity index (χ3v) is 4.44. The molecular weight excluding hydrogens is 455 g/mol. The molecule has 1 aromatic carbocycles. The maximum absolute atomic E-state index is 11.4. The number of aryl methyl sites for hydroxylation is 1. The molecule has 1 amide bonds. The molecule has 7 heteroatoms. The van der Waals surface area contributed by atoms with Gasteiger partial charge in [-0.2, -0.15) is 0 Å². The Hall–Kier alpha value is -1.51. The topological polar surface area (TPSA) is 88.7 Å². The molecule has 0 aromatic heterocycles. The van der Waals surface area contributed by atoms with E-state index in [1.165, 1.54) is 32.1 Å². The van der Waals surface area contributed by atoms with Gasteiger partial charge in [0.1, 0.15) is 12.4 Å². The lowest BCUT2D eigenvalue weighted by Crippen LogP contribution is -2.34. The Kier molecular flexibility index (Phi) is 11.9. The van der Waals surface area contributed by atoms with Crippen LogP contribution in [0.5, 0.6) is 5.75 Å². The van der Waals surface area contributed by atoms with Crippen molar-refractivity contribution in [1.29, 1.82) is 0 Å². The second-order valence-electron chi connectivity index (χ2n) is 6.68. The van der Waals surface area contributed by atoms with Crippen LogP contribution in [0.25, 0.3) is 0 Å². The van der Waals surface area contributed by atoms with Crippen LogP contribution in [0.4, 0.5) is 5.69 Å². The summed E-state index contributed by atoms with van der Waals surface area (Å²) in [6.07, 6.45) is 8.81. The molecular formula is C20H33IN4O2. The van der Waals surface area contributed by atoms with Crippen LogP contribution >= 0.6 is 24.0 Å². The lowest BCUT2D eigenvalue weighted by molar-refractivity contribution is -0.116. The summed E-state index contributed by atoms with van der Waals surface area (Å²) >= 11 is 0. The predicted molar refractivity (Wildman–Crippen MR) is 122 cm³/mol. The van der Waals surface area contributed by atoms with Crippen LogP contribution in [-0.4, -0.2) is 31.6 Å². The number of halogens is 1. The van der Waals surface area contributed by atoms with Crippen molar-refractivity contribution in [2.75, 3.05) is 25.0 Å². The summed E-state index contributed by atoms with van der Waals surface area (Å²) in [7, 11) is 0. The molecule has 0 unspecified atom stereocenters. The molecule has 152 valence electrons. The molecule has 0 radical (unpaired) electrons. The van der Waals surface area contributed by atoms with Gasteiger partial charge in [0.25, 0.3) is 0 Å². The minimum absolute atomic E-state index is 0. The first-order chi connectivity index (χ1) is 12.7. The van der Waals surface area contributed by atoms with E-state index in [-0.39, 0.29) is 29.9 Å². The van der Waals surface area contributed by atoms with Gasteiger partial charge in [0, 0.05) is 18.7 Å². The molecule has 0 saturated carbocycles.